The summed E-state index contributed by atoms with van der Waals surface area (Å²) in [6, 6.07) is 40.4. The summed E-state index contributed by atoms with van der Waals surface area (Å²) in [5.41, 5.74) is 5.59. The molecule has 17 rings (SSSR count). The van der Waals surface area contributed by atoms with Crippen molar-refractivity contribution in [2.45, 2.75) is 32.5 Å². The van der Waals surface area contributed by atoms with Crippen LogP contribution in [0.3, 0.4) is 0 Å². The van der Waals surface area contributed by atoms with E-state index in [-0.39, 0.29) is 23.7 Å². The zero-order valence-electron chi connectivity index (χ0n) is 67.6. The van der Waals surface area contributed by atoms with Crippen LogP contribution in [0.25, 0.3) is 33.1 Å². The van der Waals surface area contributed by atoms with Crippen molar-refractivity contribution in [1.29, 1.82) is 0 Å². The number of rotatable bonds is 26. The second-order valence-electron chi connectivity index (χ2n) is 28.3. The number of hydrogen-bond acceptors (Lipinski definition) is 29. The molecule has 4 aliphatic rings. The maximum atomic E-state index is 12.5. The molecule has 38 heteroatoms. The summed E-state index contributed by atoms with van der Waals surface area (Å²) in [7, 11) is 12.8. The number of imidazole rings is 3. The van der Waals surface area contributed by atoms with Gasteiger partial charge in [0.2, 0.25) is 47.3 Å². The fraction of sp³-hybridized carbons (Fsp3) is 0.313. The molecule has 0 bridgehead atoms. The molecule has 1 saturated carbocycles. The third kappa shape index (κ3) is 20.3. The Morgan fingerprint density at radius 1 is 0.380 bits per heavy atom. The molecule has 13 aromatic rings. The number of H-pyrrole nitrogens is 3. The van der Waals surface area contributed by atoms with E-state index in [0.29, 0.717) is 205 Å². The Bertz CT molecular complexity index is 5470. The van der Waals surface area contributed by atoms with Crippen molar-refractivity contribution in [1.82, 2.24) is 84.5 Å². The lowest BCUT2D eigenvalue weighted by atomic mass is 10.2. The molecule has 4 fully saturated rings. The fourth-order valence-corrected chi connectivity index (χ4v) is 14.2. The van der Waals surface area contributed by atoms with E-state index >= 15 is 0 Å². The lowest BCUT2D eigenvalue weighted by molar-refractivity contribution is -0.132. The van der Waals surface area contributed by atoms with Gasteiger partial charge in [0.1, 0.15) is 34.9 Å². The smallest absolute Gasteiger partial charge is 0.319 e. The van der Waals surface area contributed by atoms with Crippen molar-refractivity contribution in [2.75, 3.05) is 171 Å². The van der Waals surface area contributed by atoms with Crippen LogP contribution in [0.4, 0.5) is 46.0 Å². The van der Waals surface area contributed by atoms with Crippen LogP contribution >= 0.6 is 34.8 Å². The number of anilines is 7. The molecule has 10 heterocycles. The van der Waals surface area contributed by atoms with Gasteiger partial charge in [-0.1, -0.05) is 71.2 Å². The lowest BCUT2D eigenvalue weighted by Crippen LogP contribution is -2.51. The standard InChI is InChI=1S/C28H28ClN9O3.C28H30ClN7O4.C27H31ClN8O4/c1-39-22-14-18(29)21(15-23(22)40-2)41-26-16-24(32-17-25-33-19-6-3-4-7-20(19)34-25)35-28(36-26)38-12-10-37(11-13-38)27-30-8-5-9-31-27;1-38-22-13-18(29)21(14-23(22)39-2)40-26-15-24(30-16-25-31-19-5-3-4-6-20(19)32-25)33-28(34-26)36-11-9-35(10-12-36)27(37)17-7-8-17;1-34(2)27(37)36-11-9-35(10-12-36)26-32-23(29-16-24-30-18-7-5-6-8-19(18)31-24)15-25(33-26)40-20-14-22(39-4)21(38-3)13-17(20)28/h3-9,14-16H,10-13,17H2,1-2H3,(H,33,34)(H,32,35,36);3-6,13-15,17H,7-12,16H2,1-2H3,(H,31,32)(H,30,33,34);5-8,13-15H,9-12,16H2,1-4H3,(H,30,31)(H,29,32,33). The van der Waals surface area contributed by atoms with Crippen LogP contribution in [0.1, 0.15) is 30.3 Å². The molecule has 0 atom stereocenters. The number of nitrogens with one attached hydrogen (secondary N) is 6. The van der Waals surface area contributed by atoms with Gasteiger partial charge in [0.25, 0.3) is 0 Å². The molecule has 628 valence electrons. The Kier molecular flexibility index (Phi) is 25.9. The molecule has 0 unspecified atom stereocenters. The van der Waals surface area contributed by atoms with Crippen molar-refractivity contribution < 1.29 is 52.2 Å². The number of para-hydroxylation sites is 6. The molecule has 7 aromatic heterocycles. The summed E-state index contributed by atoms with van der Waals surface area (Å²) in [5, 5.41) is 11.1. The number of aromatic nitrogens is 14. The number of amides is 3. The largest absolute Gasteiger partial charge is 0.493 e. The van der Waals surface area contributed by atoms with Crippen LogP contribution in [-0.2, 0) is 24.4 Å². The van der Waals surface area contributed by atoms with Crippen LogP contribution in [0.15, 0.2) is 146 Å². The number of hydrogen-bond donors (Lipinski definition) is 6. The van der Waals surface area contributed by atoms with E-state index in [4.69, 9.17) is 102 Å². The van der Waals surface area contributed by atoms with Crippen LogP contribution in [0.2, 0.25) is 15.1 Å². The van der Waals surface area contributed by atoms with Gasteiger partial charge in [0.15, 0.2) is 51.7 Å². The number of halogens is 3. The summed E-state index contributed by atoms with van der Waals surface area (Å²) in [6.45, 7) is 8.84. The first-order valence-corrected chi connectivity index (χ1v) is 40.1. The van der Waals surface area contributed by atoms with E-state index in [0.717, 1.165) is 76.5 Å². The maximum Gasteiger partial charge on any atom is 0.319 e. The molecule has 35 nitrogen and oxygen atoms in total. The van der Waals surface area contributed by atoms with Gasteiger partial charge in [-0.3, -0.25) is 4.79 Å². The Morgan fingerprint density at radius 2 is 0.686 bits per heavy atom. The quantitative estimate of drug-likeness (QED) is 0.0293. The zero-order valence-corrected chi connectivity index (χ0v) is 69.9. The van der Waals surface area contributed by atoms with E-state index in [1.807, 2.05) is 88.7 Å². The van der Waals surface area contributed by atoms with Gasteiger partial charge in [-0.15, -0.1) is 0 Å². The third-order valence-corrected chi connectivity index (χ3v) is 21.0. The fourth-order valence-electron chi connectivity index (χ4n) is 13.6. The second kappa shape index (κ2) is 38.0. The minimum atomic E-state index is -0.0195. The topological polar surface area (TPSA) is 365 Å². The first kappa shape index (κ1) is 82.6. The van der Waals surface area contributed by atoms with Crippen LogP contribution in [0, 0.1) is 5.92 Å². The summed E-state index contributed by atoms with van der Waals surface area (Å²) in [4.78, 5) is 99.6. The minimum Gasteiger partial charge on any atom is -0.493 e. The van der Waals surface area contributed by atoms with E-state index in [9.17, 15) is 9.59 Å². The van der Waals surface area contributed by atoms with Gasteiger partial charge in [-0.05, 0) is 55.3 Å². The van der Waals surface area contributed by atoms with Crippen LogP contribution in [-0.4, -0.2) is 232 Å². The summed E-state index contributed by atoms with van der Waals surface area (Å²) < 4.78 is 50.7. The average Bonchev–Trinajstić information content (AvgIpc) is 1.80. The van der Waals surface area contributed by atoms with Crippen molar-refractivity contribution >= 4 is 121 Å². The number of carbonyl (C=O) groups excluding carboxylic acids is 2. The first-order valence-electron chi connectivity index (χ1n) is 38.9. The van der Waals surface area contributed by atoms with Gasteiger partial charge < -0.3 is 108 Å². The molecule has 6 N–H and O–H groups in total. The highest BCUT2D eigenvalue weighted by Gasteiger charge is 2.36. The average molecular weight is 1710 g/mol. The van der Waals surface area contributed by atoms with Gasteiger partial charge in [0.05, 0.1) is 110 Å². The minimum absolute atomic E-state index is 0.0195. The predicted octanol–water partition coefficient (Wildman–Crippen LogP) is 13.3. The van der Waals surface area contributed by atoms with Gasteiger partial charge in [-0.25, -0.2) is 29.7 Å². The monoisotopic (exact) mass is 1700 g/mol. The Hall–Kier alpha value is -13.5. The van der Waals surface area contributed by atoms with E-state index in [1.165, 1.54) is 7.11 Å². The number of ether oxygens (including phenoxy) is 9. The number of methoxy groups -OCH3 is 6. The molecule has 6 aromatic carbocycles. The number of aromatic amines is 3. The number of urea groups is 1. The number of nitrogens with zero attached hydrogens (tertiary/aromatic N) is 18. The van der Waals surface area contributed by atoms with Crippen molar-refractivity contribution in [3.8, 4) is 69.4 Å². The Morgan fingerprint density at radius 3 is 1.00 bits per heavy atom. The molecule has 0 radical (unpaired) electrons. The Labute approximate surface area is 710 Å². The molecular weight excluding hydrogens is 1620 g/mol. The lowest BCUT2D eigenvalue weighted by Gasteiger charge is -2.36. The molecular formula is C83H89Cl3N24O11. The van der Waals surface area contributed by atoms with Crippen LogP contribution < -0.4 is 78.2 Å². The molecule has 0 spiro atoms. The van der Waals surface area contributed by atoms with E-state index < -0.39 is 0 Å². The highest BCUT2D eigenvalue weighted by Crippen LogP contribution is 2.44. The number of fused-ring (bicyclic) bond motifs is 3. The number of piperazine rings is 3. The summed E-state index contributed by atoms with van der Waals surface area (Å²) in [5.74, 6) is 11.6. The highest BCUT2D eigenvalue weighted by molar-refractivity contribution is 6.33. The summed E-state index contributed by atoms with van der Waals surface area (Å²) >= 11 is 19.5. The molecule has 3 saturated heterocycles. The third-order valence-electron chi connectivity index (χ3n) is 20.1. The number of benzene rings is 6. The van der Waals surface area contributed by atoms with Gasteiger partial charge in [-0.2, -0.15) is 29.9 Å². The molecule has 3 amide bonds. The predicted molar refractivity (Wildman–Crippen MR) is 461 cm³/mol. The van der Waals surface area contributed by atoms with Gasteiger partial charge >= 0.3 is 6.03 Å². The van der Waals surface area contributed by atoms with Crippen LogP contribution in [0.5, 0.6) is 69.4 Å². The van der Waals surface area contributed by atoms with Crippen molar-refractivity contribution in [2.24, 2.45) is 5.92 Å². The van der Waals surface area contributed by atoms with Crippen molar-refractivity contribution in [3.63, 3.8) is 0 Å². The van der Waals surface area contributed by atoms with Gasteiger partial charge in [0, 0.05) is 166 Å². The van der Waals surface area contributed by atoms with Crippen molar-refractivity contribution in [3.05, 3.63) is 178 Å². The van der Waals surface area contributed by atoms with E-state index in [2.05, 4.69) is 75.5 Å². The summed E-state index contributed by atoms with van der Waals surface area (Å²) in [6.07, 6.45) is 5.50. The molecule has 3 aliphatic heterocycles. The first-order chi connectivity index (χ1) is 58.9. The number of carbonyl (C=O) groups is 2. The molecule has 121 heavy (non-hydrogen) atoms. The Balaban J connectivity index is 0.000000141. The highest BCUT2D eigenvalue weighted by atomic mass is 35.5. The van der Waals surface area contributed by atoms with E-state index in [1.54, 1.807) is 126 Å². The normalized spacial score (nSPS) is 14.0. The molecule has 1 aliphatic carbocycles. The zero-order chi connectivity index (χ0) is 84.0. The SMILES string of the molecule is COc1cc(Cl)c(Oc2cc(NCc3nc4ccccc4[nH]3)nc(N3CCN(C(=O)C4CC4)CC3)n2)cc1OC.COc1cc(Cl)c(Oc2cc(NCc3nc4ccccc4[nH]3)nc(N3CCN(C(=O)N(C)C)CC3)n2)cc1OC.COc1cc(Cl)c(Oc2cc(NCc3nc4ccccc4[nH]3)nc(N3CCN(c4ncccn4)CC3)n2)cc1OC. The maximum absolute atomic E-state index is 12.5. The second-order valence-corrected chi connectivity index (χ2v) is 29.5.